The molecule has 0 atom stereocenters. The molecule has 18 heavy (non-hydrogen) atoms. The fourth-order valence-electron chi connectivity index (χ4n) is 1.81. The Labute approximate surface area is 102 Å². The molecule has 1 aliphatic rings. The smallest absolute Gasteiger partial charge is 0.365 e. The van der Waals surface area contributed by atoms with Gasteiger partial charge in [0.05, 0.1) is 5.56 Å². The van der Waals surface area contributed by atoms with E-state index in [2.05, 4.69) is 9.72 Å². The Morgan fingerprint density at radius 2 is 1.89 bits per heavy atom. The maximum atomic E-state index is 11.4. The molecule has 1 aliphatic heterocycles. The Hall–Kier alpha value is -2.69. The van der Waals surface area contributed by atoms with Gasteiger partial charge in [0.25, 0.3) is 0 Å². The Kier molecular flexibility index (Phi) is 2.13. The third kappa shape index (κ3) is 1.53. The molecule has 0 bridgehead atoms. The van der Waals surface area contributed by atoms with Gasteiger partial charge >= 0.3 is 11.9 Å². The molecule has 3 rings (SSSR count). The van der Waals surface area contributed by atoms with Gasteiger partial charge in [-0.25, -0.2) is 14.6 Å². The van der Waals surface area contributed by atoms with Crippen LogP contribution < -0.4 is 0 Å². The number of pyridine rings is 1. The van der Waals surface area contributed by atoms with Crippen molar-refractivity contribution in [3.05, 3.63) is 47.8 Å². The molecular formula is C13H7NO4. The first-order valence-electron chi connectivity index (χ1n) is 5.21. The van der Waals surface area contributed by atoms with Crippen molar-refractivity contribution >= 4 is 11.9 Å². The number of fused-ring (bicyclic) bond motifs is 1. The van der Waals surface area contributed by atoms with Crippen LogP contribution in [0.1, 0.15) is 20.8 Å². The van der Waals surface area contributed by atoms with Crippen molar-refractivity contribution in [2.45, 2.75) is 0 Å². The highest BCUT2D eigenvalue weighted by atomic mass is 16.6. The number of carbonyl (C=O) groups excluding carboxylic acids is 2. The number of hydrogen-bond donors (Lipinski definition) is 1. The van der Waals surface area contributed by atoms with Gasteiger partial charge in [-0.15, -0.1) is 0 Å². The molecule has 0 saturated carbocycles. The lowest BCUT2D eigenvalue weighted by atomic mass is 10.0. The average molecular weight is 241 g/mol. The minimum Gasteiger partial charge on any atom is -0.508 e. The van der Waals surface area contributed by atoms with Crippen molar-refractivity contribution < 1.29 is 19.4 Å². The second-order valence-corrected chi connectivity index (χ2v) is 3.85. The summed E-state index contributed by atoms with van der Waals surface area (Å²) < 4.78 is 4.46. The zero-order chi connectivity index (χ0) is 12.7. The molecule has 0 radical (unpaired) electrons. The van der Waals surface area contributed by atoms with Crippen LogP contribution in [-0.2, 0) is 4.74 Å². The number of rotatable bonds is 1. The number of aromatic hydroxyl groups is 1. The molecule has 0 unspecified atom stereocenters. The summed E-state index contributed by atoms with van der Waals surface area (Å²) in [5.74, 6) is -1.30. The maximum absolute atomic E-state index is 11.4. The predicted molar refractivity (Wildman–Crippen MR) is 61.1 cm³/mol. The van der Waals surface area contributed by atoms with E-state index >= 15 is 0 Å². The average Bonchev–Trinajstić information content (AvgIpc) is 2.65. The molecule has 2 heterocycles. The van der Waals surface area contributed by atoms with Crippen LogP contribution >= 0.6 is 0 Å². The Bertz CT molecular complexity index is 678. The van der Waals surface area contributed by atoms with Crippen LogP contribution in [0.2, 0.25) is 0 Å². The van der Waals surface area contributed by atoms with Crippen molar-refractivity contribution in [1.29, 1.82) is 0 Å². The Morgan fingerprint density at radius 1 is 1.06 bits per heavy atom. The number of nitrogens with zero attached hydrogens (tertiary/aromatic N) is 1. The highest BCUT2D eigenvalue weighted by Gasteiger charge is 2.31. The summed E-state index contributed by atoms with van der Waals surface area (Å²) in [4.78, 5) is 26.5. The standard InChI is InChI=1S/C13H7NO4/c15-9-3-1-2-7(4-9)8-5-10-11(14-6-8)13(17)18-12(10)16/h1-6,15H. The van der Waals surface area contributed by atoms with Crippen molar-refractivity contribution in [1.82, 2.24) is 4.98 Å². The van der Waals surface area contributed by atoms with E-state index < -0.39 is 11.9 Å². The van der Waals surface area contributed by atoms with Gasteiger partial charge in [-0.1, -0.05) is 12.1 Å². The molecule has 0 saturated heterocycles. The minimum atomic E-state index is -0.725. The first-order valence-corrected chi connectivity index (χ1v) is 5.21. The SMILES string of the molecule is O=C1OC(=O)c2ncc(-c3cccc(O)c3)cc21. The van der Waals surface area contributed by atoms with Gasteiger partial charge in [0.15, 0.2) is 5.69 Å². The second-order valence-electron chi connectivity index (χ2n) is 3.85. The predicted octanol–water partition coefficient (Wildman–Crippen LogP) is 1.76. The fourth-order valence-corrected chi connectivity index (χ4v) is 1.81. The van der Waals surface area contributed by atoms with Crippen LogP contribution in [0.25, 0.3) is 11.1 Å². The topological polar surface area (TPSA) is 76.5 Å². The molecule has 0 aliphatic carbocycles. The zero-order valence-electron chi connectivity index (χ0n) is 9.08. The molecule has 5 nitrogen and oxygen atoms in total. The Balaban J connectivity index is 2.14. The van der Waals surface area contributed by atoms with Crippen LogP contribution in [0.5, 0.6) is 5.75 Å². The lowest BCUT2D eigenvalue weighted by Crippen LogP contribution is -1.97. The van der Waals surface area contributed by atoms with Crippen LogP contribution in [-0.4, -0.2) is 22.0 Å². The quantitative estimate of drug-likeness (QED) is 0.608. The highest BCUT2D eigenvalue weighted by Crippen LogP contribution is 2.26. The first-order chi connectivity index (χ1) is 8.65. The Morgan fingerprint density at radius 3 is 2.67 bits per heavy atom. The molecular weight excluding hydrogens is 234 g/mol. The summed E-state index contributed by atoms with van der Waals surface area (Å²) in [7, 11) is 0. The largest absolute Gasteiger partial charge is 0.508 e. The molecule has 0 fully saturated rings. The van der Waals surface area contributed by atoms with E-state index in [0.29, 0.717) is 11.1 Å². The van der Waals surface area contributed by atoms with Crippen molar-refractivity contribution in [3.63, 3.8) is 0 Å². The lowest BCUT2D eigenvalue weighted by molar-refractivity contribution is 0.0441. The third-order valence-electron chi connectivity index (χ3n) is 2.67. The van der Waals surface area contributed by atoms with E-state index in [0.717, 1.165) is 0 Å². The van der Waals surface area contributed by atoms with E-state index in [1.54, 1.807) is 24.3 Å². The molecule has 5 heteroatoms. The fraction of sp³-hybridized carbons (Fsp3) is 0. The first kappa shape index (κ1) is 10.5. The zero-order valence-corrected chi connectivity index (χ0v) is 9.08. The maximum Gasteiger partial charge on any atom is 0.365 e. The van der Waals surface area contributed by atoms with Gasteiger partial charge in [0, 0.05) is 11.8 Å². The normalized spacial score (nSPS) is 13.3. The number of carbonyl (C=O) groups is 2. The third-order valence-corrected chi connectivity index (χ3v) is 2.67. The van der Waals surface area contributed by atoms with Crippen LogP contribution in [0.15, 0.2) is 36.5 Å². The van der Waals surface area contributed by atoms with E-state index in [1.807, 2.05) is 0 Å². The van der Waals surface area contributed by atoms with E-state index in [4.69, 9.17) is 0 Å². The molecule has 1 aromatic carbocycles. The van der Waals surface area contributed by atoms with Crippen molar-refractivity contribution in [3.8, 4) is 16.9 Å². The number of benzene rings is 1. The molecule has 2 aromatic rings. The number of phenolic OH excluding ortho intramolecular Hbond substituents is 1. The monoisotopic (exact) mass is 241 g/mol. The van der Waals surface area contributed by atoms with Gasteiger partial charge in [0.2, 0.25) is 0 Å². The van der Waals surface area contributed by atoms with Gasteiger partial charge in [-0.2, -0.15) is 0 Å². The van der Waals surface area contributed by atoms with Crippen molar-refractivity contribution in [2.75, 3.05) is 0 Å². The minimum absolute atomic E-state index is 0.0314. The van der Waals surface area contributed by atoms with E-state index in [1.165, 1.54) is 12.3 Å². The van der Waals surface area contributed by atoms with Gasteiger partial charge in [-0.3, -0.25) is 0 Å². The number of aromatic nitrogens is 1. The van der Waals surface area contributed by atoms with Crippen LogP contribution in [0.3, 0.4) is 0 Å². The molecule has 1 aromatic heterocycles. The molecule has 1 N–H and O–H groups in total. The number of hydrogen-bond acceptors (Lipinski definition) is 5. The highest BCUT2D eigenvalue weighted by molar-refractivity contribution is 6.14. The van der Waals surface area contributed by atoms with Gasteiger partial charge in [-0.05, 0) is 23.8 Å². The van der Waals surface area contributed by atoms with E-state index in [-0.39, 0.29) is 17.0 Å². The summed E-state index contributed by atoms with van der Waals surface area (Å²) in [6, 6.07) is 8.07. The summed E-state index contributed by atoms with van der Waals surface area (Å²) >= 11 is 0. The van der Waals surface area contributed by atoms with Crippen LogP contribution in [0.4, 0.5) is 0 Å². The summed E-state index contributed by atoms with van der Waals surface area (Å²) in [6.45, 7) is 0. The molecule has 88 valence electrons. The van der Waals surface area contributed by atoms with Gasteiger partial charge in [0.1, 0.15) is 5.75 Å². The van der Waals surface area contributed by atoms with Crippen LogP contribution in [0, 0.1) is 0 Å². The number of esters is 2. The number of cyclic esters (lactones) is 2. The molecule has 0 spiro atoms. The van der Waals surface area contributed by atoms with E-state index in [9.17, 15) is 14.7 Å². The number of ether oxygens (including phenoxy) is 1. The summed E-state index contributed by atoms with van der Waals surface area (Å²) in [5, 5.41) is 9.40. The molecule has 0 amide bonds. The number of phenols is 1. The lowest BCUT2D eigenvalue weighted by Gasteiger charge is -2.02. The van der Waals surface area contributed by atoms with Gasteiger partial charge < -0.3 is 9.84 Å². The summed E-state index contributed by atoms with van der Waals surface area (Å²) in [5.41, 5.74) is 1.53. The second kappa shape index (κ2) is 3.66. The van der Waals surface area contributed by atoms with Crippen molar-refractivity contribution in [2.24, 2.45) is 0 Å². The summed E-state index contributed by atoms with van der Waals surface area (Å²) in [6.07, 6.45) is 1.47.